The highest BCUT2D eigenvalue weighted by Gasteiger charge is 2.41. The van der Waals surface area contributed by atoms with Crippen LogP contribution in [0.4, 0.5) is 5.69 Å². The van der Waals surface area contributed by atoms with Crippen molar-refractivity contribution < 1.29 is 4.79 Å². The Bertz CT molecular complexity index is 814. The number of hydrogen-bond acceptors (Lipinski definition) is 2. The van der Waals surface area contributed by atoms with Gasteiger partial charge in [-0.15, -0.1) is 0 Å². The third kappa shape index (κ3) is 2.61. The highest BCUT2D eigenvalue weighted by atomic mass is 16.1. The van der Waals surface area contributed by atoms with Gasteiger partial charge in [0.1, 0.15) is 6.04 Å². The van der Waals surface area contributed by atoms with E-state index in [1.807, 2.05) is 66.7 Å². The summed E-state index contributed by atoms with van der Waals surface area (Å²) in [6, 6.07) is 30.5. The van der Waals surface area contributed by atoms with Crippen molar-refractivity contribution in [3.63, 3.8) is 0 Å². The van der Waals surface area contributed by atoms with Gasteiger partial charge in [0, 0.05) is 12.1 Å². The molecular formula is C22H19NO. The third-order valence-corrected chi connectivity index (χ3v) is 4.67. The predicted molar refractivity (Wildman–Crippen MR) is 96.9 cm³/mol. The number of Topliss-reactive ketones (excluding diaryl/α,β-unsaturated/α-hetero) is 1. The number of rotatable bonds is 3. The minimum Gasteiger partial charge on any atom is -0.350 e. The Labute approximate surface area is 142 Å². The molecule has 2 atom stereocenters. The van der Waals surface area contributed by atoms with Crippen LogP contribution in [0.25, 0.3) is 0 Å². The van der Waals surface area contributed by atoms with Crippen LogP contribution in [0, 0.1) is 0 Å². The number of hydrogen-bond donors (Lipinski definition) is 0. The van der Waals surface area contributed by atoms with Crippen LogP contribution in [0.5, 0.6) is 0 Å². The number of carbonyl (C=O) groups excluding carboxylic acids is 1. The first-order chi connectivity index (χ1) is 11.8. The molecule has 0 spiro atoms. The first-order valence-corrected chi connectivity index (χ1v) is 8.30. The summed E-state index contributed by atoms with van der Waals surface area (Å²) in [6.07, 6.45) is 0.540. The summed E-state index contributed by atoms with van der Waals surface area (Å²) in [5.41, 5.74) is 3.34. The van der Waals surface area contributed by atoms with Gasteiger partial charge in [-0.1, -0.05) is 78.9 Å². The van der Waals surface area contributed by atoms with E-state index in [0.717, 1.165) is 11.3 Å². The van der Waals surface area contributed by atoms with Crippen LogP contribution in [0.15, 0.2) is 91.0 Å². The lowest BCUT2D eigenvalue weighted by atomic mass is 10.0. The average molecular weight is 313 g/mol. The zero-order valence-corrected chi connectivity index (χ0v) is 13.4. The van der Waals surface area contributed by atoms with E-state index in [4.69, 9.17) is 0 Å². The summed E-state index contributed by atoms with van der Waals surface area (Å²) in [7, 11) is 0. The number of benzene rings is 3. The molecule has 0 N–H and O–H groups in total. The SMILES string of the molecule is O=C1C[C@H](c2ccccc2)N(c2ccccc2)[C@H]1c1ccccc1. The Morgan fingerprint density at radius 3 is 1.75 bits per heavy atom. The monoisotopic (exact) mass is 313 g/mol. The lowest BCUT2D eigenvalue weighted by molar-refractivity contribution is -0.118. The predicted octanol–water partition coefficient (Wildman–Crippen LogP) is 4.95. The summed E-state index contributed by atoms with van der Waals surface area (Å²) in [6.45, 7) is 0. The van der Waals surface area contributed by atoms with Crippen molar-refractivity contribution in [3.8, 4) is 0 Å². The molecule has 118 valence electrons. The van der Waals surface area contributed by atoms with Crippen LogP contribution in [-0.4, -0.2) is 5.78 Å². The van der Waals surface area contributed by atoms with Gasteiger partial charge in [-0.2, -0.15) is 0 Å². The summed E-state index contributed by atoms with van der Waals surface area (Å²) < 4.78 is 0. The molecule has 4 rings (SSSR count). The molecule has 2 nitrogen and oxygen atoms in total. The van der Waals surface area contributed by atoms with Crippen molar-refractivity contribution in [1.29, 1.82) is 0 Å². The van der Waals surface area contributed by atoms with Gasteiger partial charge in [-0.05, 0) is 23.3 Å². The zero-order chi connectivity index (χ0) is 16.4. The maximum absolute atomic E-state index is 12.9. The number of ketones is 1. The van der Waals surface area contributed by atoms with Gasteiger partial charge in [0.25, 0.3) is 0 Å². The van der Waals surface area contributed by atoms with Crippen LogP contribution in [0.1, 0.15) is 29.6 Å². The van der Waals surface area contributed by atoms with Crippen LogP contribution in [0.2, 0.25) is 0 Å². The molecule has 1 heterocycles. The van der Waals surface area contributed by atoms with Crippen LogP contribution in [0.3, 0.4) is 0 Å². The molecule has 24 heavy (non-hydrogen) atoms. The lowest BCUT2D eigenvalue weighted by Crippen LogP contribution is -2.27. The molecule has 1 aliphatic heterocycles. The van der Waals surface area contributed by atoms with E-state index in [2.05, 4.69) is 29.2 Å². The van der Waals surface area contributed by atoms with Crippen molar-refractivity contribution in [3.05, 3.63) is 102 Å². The first-order valence-electron chi connectivity index (χ1n) is 8.30. The quantitative estimate of drug-likeness (QED) is 0.682. The number of para-hydroxylation sites is 1. The molecule has 0 bridgehead atoms. The number of carbonyl (C=O) groups is 1. The van der Waals surface area contributed by atoms with Crippen molar-refractivity contribution >= 4 is 11.5 Å². The van der Waals surface area contributed by atoms with Crippen LogP contribution in [-0.2, 0) is 4.79 Å². The van der Waals surface area contributed by atoms with E-state index in [1.54, 1.807) is 0 Å². The second-order valence-corrected chi connectivity index (χ2v) is 6.15. The summed E-state index contributed by atoms with van der Waals surface area (Å²) in [4.78, 5) is 15.2. The fraction of sp³-hybridized carbons (Fsp3) is 0.136. The highest BCUT2D eigenvalue weighted by molar-refractivity contribution is 5.93. The smallest absolute Gasteiger partial charge is 0.162 e. The zero-order valence-electron chi connectivity index (χ0n) is 13.4. The standard InChI is InChI=1S/C22H19NO/c24-21-16-20(17-10-4-1-5-11-17)23(19-14-8-3-9-15-19)22(21)18-12-6-2-7-13-18/h1-15,20,22H,16H2/t20-,22+/m1/s1. The Morgan fingerprint density at radius 2 is 1.17 bits per heavy atom. The summed E-state index contributed by atoms with van der Waals surface area (Å²) >= 11 is 0. The summed E-state index contributed by atoms with van der Waals surface area (Å²) in [5.74, 6) is 0.277. The molecule has 0 saturated carbocycles. The Kier molecular flexibility index (Phi) is 3.87. The second-order valence-electron chi connectivity index (χ2n) is 6.15. The molecule has 0 aromatic heterocycles. The Balaban J connectivity index is 1.83. The molecule has 0 amide bonds. The highest BCUT2D eigenvalue weighted by Crippen LogP contribution is 2.44. The lowest BCUT2D eigenvalue weighted by Gasteiger charge is -2.32. The van der Waals surface area contributed by atoms with Gasteiger partial charge in [-0.3, -0.25) is 4.79 Å². The minimum atomic E-state index is -0.223. The molecule has 1 fully saturated rings. The molecule has 0 aliphatic carbocycles. The largest absolute Gasteiger partial charge is 0.350 e. The topological polar surface area (TPSA) is 20.3 Å². The van der Waals surface area contributed by atoms with Crippen molar-refractivity contribution in [2.24, 2.45) is 0 Å². The van der Waals surface area contributed by atoms with Crippen molar-refractivity contribution in [2.45, 2.75) is 18.5 Å². The average Bonchev–Trinajstić information content (AvgIpc) is 3.01. The maximum Gasteiger partial charge on any atom is 0.162 e. The van der Waals surface area contributed by atoms with E-state index >= 15 is 0 Å². The minimum absolute atomic E-state index is 0.0753. The molecule has 3 aromatic carbocycles. The normalized spacial score (nSPS) is 20.3. The molecule has 1 saturated heterocycles. The Hall–Kier alpha value is -2.87. The van der Waals surface area contributed by atoms with Gasteiger partial charge in [0.05, 0.1) is 6.04 Å². The van der Waals surface area contributed by atoms with Crippen LogP contribution >= 0.6 is 0 Å². The van der Waals surface area contributed by atoms with Crippen molar-refractivity contribution in [2.75, 3.05) is 4.90 Å². The fourth-order valence-corrected chi connectivity index (χ4v) is 3.60. The van der Waals surface area contributed by atoms with Gasteiger partial charge in [0.15, 0.2) is 5.78 Å². The molecule has 0 radical (unpaired) electrons. The maximum atomic E-state index is 12.9. The third-order valence-electron chi connectivity index (χ3n) is 4.67. The number of anilines is 1. The molecule has 3 aromatic rings. The van der Waals surface area contributed by atoms with Crippen molar-refractivity contribution in [1.82, 2.24) is 0 Å². The molecule has 2 heteroatoms. The molecular weight excluding hydrogens is 294 g/mol. The fourth-order valence-electron chi connectivity index (χ4n) is 3.60. The van der Waals surface area contributed by atoms with Gasteiger partial charge >= 0.3 is 0 Å². The van der Waals surface area contributed by atoms with Gasteiger partial charge in [-0.25, -0.2) is 0 Å². The van der Waals surface area contributed by atoms with E-state index in [-0.39, 0.29) is 17.9 Å². The molecule has 0 unspecified atom stereocenters. The molecule has 1 aliphatic rings. The Morgan fingerprint density at radius 1 is 0.667 bits per heavy atom. The van der Waals surface area contributed by atoms with E-state index in [1.165, 1.54) is 5.56 Å². The van der Waals surface area contributed by atoms with E-state index in [0.29, 0.717) is 6.42 Å². The van der Waals surface area contributed by atoms with E-state index in [9.17, 15) is 4.79 Å². The second kappa shape index (κ2) is 6.32. The number of nitrogens with zero attached hydrogens (tertiary/aromatic N) is 1. The van der Waals surface area contributed by atoms with E-state index < -0.39 is 0 Å². The first kappa shape index (κ1) is 14.7. The van der Waals surface area contributed by atoms with Crippen LogP contribution < -0.4 is 4.90 Å². The van der Waals surface area contributed by atoms with Gasteiger partial charge < -0.3 is 4.90 Å². The summed E-state index contributed by atoms with van der Waals surface area (Å²) in [5, 5.41) is 0. The van der Waals surface area contributed by atoms with Gasteiger partial charge in [0.2, 0.25) is 0 Å².